The second-order valence-electron chi connectivity index (χ2n) is 4.35. The lowest BCUT2D eigenvalue weighted by molar-refractivity contribution is 0.446. The summed E-state index contributed by atoms with van der Waals surface area (Å²) in [5.41, 5.74) is 0. The van der Waals surface area contributed by atoms with Gasteiger partial charge in [0.2, 0.25) is 0 Å². The molecule has 2 heterocycles. The average molecular weight is 397 g/mol. The number of rotatable bonds is 4. The van der Waals surface area contributed by atoms with E-state index in [2.05, 4.69) is 0 Å². The van der Waals surface area contributed by atoms with E-state index in [-0.39, 0.29) is 26.2 Å². The van der Waals surface area contributed by atoms with Crippen LogP contribution in [0, 0.1) is 0 Å². The number of nitrogens with zero attached hydrogens (tertiary/aromatic N) is 2. The van der Waals surface area contributed by atoms with E-state index >= 15 is 0 Å². The van der Waals surface area contributed by atoms with Crippen LogP contribution in [0.25, 0.3) is 0 Å². The van der Waals surface area contributed by atoms with Crippen molar-refractivity contribution in [2.24, 2.45) is 0 Å². The fourth-order valence-electron chi connectivity index (χ4n) is 1.91. The Bertz CT molecular complexity index is 619. The lowest BCUT2D eigenvalue weighted by atomic mass is 10.6. The molecule has 0 bridgehead atoms. The molecule has 8 nitrogen and oxygen atoms in total. The van der Waals surface area contributed by atoms with Crippen LogP contribution >= 0.6 is 23.5 Å². The highest BCUT2D eigenvalue weighted by Gasteiger charge is 2.50. The van der Waals surface area contributed by atoms with Crippen molar-refractivity contribution in [2.75, 3.05) is 49.2 Å². The summed E-state index contributed by atoms with van der Waals surface area (Å²) >= 11 is 2.99. The molecule has 0 aliphatic carbocycles. The van der Waals surface area contributed by atoms with E-state index < -0.39 is 26.0 Å². The van der Waals surface area contributed by atoms with Crippen molar-refractivity contribution >= 4 is 49.5 Å². The Kier molecular flexibility index (Phi) is 5.54. The summed E-state index contributed by atoms with van der Waals surface area (Å²) in [4.78, 5) is 0. The first kappa shape index (κ1) is 17.8. The number of hydrogen-bond donors (Lipinski definition) is 0. The van der Waals surface area contributed by atoms with Crippen LogP contribution in [0.3, 0.4) is 0 Å². The Labute approximate surface area is 132 Å². The molecule has 0 saturated carbocycles. The zero-order valence-corrected chi connectivity index (χ0v) is 15.1. The van der Waals surface area contributed by atoms with E-state index in [0.717, 1.165) is 8.61 Å². The molecule has 2 aliphatic rings. The van der Waals surface area contributed by atoms with Crippen LogP contribution in [-0.2, 0) is 26.0 Å². The van der Waals surface area contributed by atoms with Crippen LogP contribution in [-0.4, -0.2) is 83.1 Å². The molecule has 2 saturated heterocycles. The molecule has 0 N–H and O–H groups in total. The third kappa shape index (κ3) is 3.23. The molecule has 0 amide bonds. The minimum atomic E-state index is -5.36. The van der Waals surface area contributed by atoms with Gasteiger partial charge in [-0.1, -0.05) is 0 Å². The van der Waals surface area contributed by atoms with Crippen LogP contribution in [0.15, 0.2) is 0 Å². The zero-order chi connectivity index (χ0) is 15.7. The van der Waals surface area contributed by atoms with Gasteiger partial charge in [0.15, 0.2) is 0 Å². The largest absolute Gasteiger partial charge is 0.385 e. The maximum Gasteiger partial charge on any atom is 0.385 e. The second-order valence-corrected chi connectivity index (χ2v) is 16.1. The third-order valence-electron chi connectivity index (χ3n) is 3.09. The quantitative estimate of drug-likeness (QED) is 0.556. The first-order chi connectivity index (χ1) is 9.71. The summed E-state index contributed by atoms with van der Waals surface area (Å²) in [5, 5.41) is 0. The van der Waals surface area contributed by atoms with Crippen molar-refractivity contribution in [3.8, 4) is 0 Å². The first-order valence-electron chi connectivity index (χ1n) is 6.12. The van der Waals surface area contributed by atoms with E-state index in [4.69, 9.17) is 0 Å². The van der Waals surface area contributed by atoms with Gasteiger partial charge < -0.3 is 0 Å². The Balaban J connectivity index is 2.35. The van der Waals surface area contributed by atoms with Crippen molar-refractivity contribution in [3.63, 3.8) is 0 Å². The molecule has 0 unspecified atom stereocenters. The highest BCUT2D eigenvalue weighted by Crippen LogP contribution is 2.25. The summed E-state index contributed by atoms with van der Waals surface area (Å²) in [6.45, 7) is 0.0460. The minimum Gasteiger partial charge on any atom is -0.194 e. The fourth-order valence-corrected chi connectivity index (χ4v) is 12.8. The summed E-state index contributed by atoms with van der Waals surface area (Å²) in [7, 11) is -15.2. The molecule has 0 spiro atoms. The van der Waals surface area contributed by atoms with Crippen molar-refractivity contribution in [2.45, 2.75) is 0 Å². The fraction of sp³-hybridized carbons (Fsp3) is 1.00. The topological polar surface area (TPSA) is 109 Å². The normalized spacial score (nSPS) is 24.0. The molecular formula is C8H16N2O6S5. The van der Waals surface area contributed by atoms with E-state index in [0.29, 0.717) is 23.0 Å². The van der Waals surface area contributed by atoms with Gasteiger partial charge in [-0.05, 0) is 0 Å². The maximum atomic E-state index is 12.2. The molecule has 0 atom stereocenters. The van der Waals surface area contributed by atoms with Gasteiger partial charge in [-0.2, -0.15) is 57.4 Å². The Morgan fingerprint density at radius 1 is 0.571 bits per heavy atom. The van der Waals surface area contributed by atoms with Crippen molar-refractivity contribution in [1.82, 2.24) is 8.61 Å². The van der Waals surface area contributed by atoms with E-state index in [9.17, 15) is 25.3 Å². The smallest absolute Gasteiger partial charge is 0.194 e. The average Bonchev–Trinajstić information content (AvgIpc) is 2.48. The van der Waals surface area contributed by atoms with Gasteiger partial charge in [0, 0.05) is 49.2 Å². The third-order valence-corrected chi connectivity index (χ3v) is 15.5. The predicted molar refractivity (Wildman–Crippen MR) is 84.6 cm³/mol. The molecule has 0 aromatic carbocycles. The Hall–Kier alpha value is 0.470. The second kappa shape index (κ2) is 6.53. The van der Waals surface area contributed by atoms with Crippen molar-refractivity contribution < 1.29 is 25.3 Å². The highest BCUT2D eigenvalue weighted by molar-refractivity contribution is 8.98. The van der Waals surface area contributed by atoms with Crippen LogP contribution in [0.2, 0.25) is 0 Å². The molecule has 124 valence electrons. The molecule has 0 radical (unpaired) electrons. The van der Waals surface area contributed by atoms with Gasteiger partial charge in [0.05, 0.1) is 0 Å². The Morgan fingerprint density at radius 3 is 1.14 bits per heavy atom. The first-order valence-corrected chi connectivity index (χ1v) is 13.8. The van der Waals surface area contributed by atoms with E-state index in [1.165, 1.54) is 23.5 Å². The summed E-state index contributed by atoms with van der Waals surface area (Å²) in [6, 6.07) is 0. The predicted octanol–water partition coefficient (Wildman–Crippen LogP) is -1.01. The van der Waals surface area contributed by atoms with Crippen LogP contribution < -0.4 is 0 Å². The number of thioether (sulfide) groups is 2. The van der Waals surface area contributed by atoms with Crippen LogP contribution in [0.1, 0.15) is 0 Å². The Morgan fingerprint density at radius 2 is 0.857 bits per heavy atom. The van der Waals surface area contributed by atoms with Gasteiger partial charge in [-0.15, -0.1) is 0 Å². The van der Waals surface area contributed by atoms with Gasteiger partial charge >= 0.3 is 26.0 Å². The summed E-state index contributed by atoms with van der Waals surface area (Å²) in [6.07, 6.45) is 0. The van der Waals surface area contributed by atoms with E-state index in [1.54, 1.807) is 0 Å². The van der Waals surface area contributed by atoms with Gasteiger partial charge in [0.25, 0.3) is 0 Å². The van der Waals surface area contributed by atoms with Crippen molar-refractivity contribution in [3.05, 3.63) is 0 Å². The lowest BCUT2D eigenvalue weighted by Crippen LogP contribution is -2.48. The van der Waals surface area contributed by atoms with Gasteiger partial charge in [-0.3, -0.25) is 0 Å². The standard InChI is InChI=1S/C8H16N2O6S5/c11-19(12,9-1-5-17-6-2-9)21(15,16)20(13,14)10-3-7-18-8-4-10/h1-8H2. The molecular weight excluding hydrogens is 380 g/mol. The lowest BCUT2D eigenvalue weighted by Gasteiger charge is -2.28. The molecule has 2 rings (SSSR count). The maximum absolute atomic E-state index is 12.2. The zero-order valence-electron chi connectivity index (χ0n) is 11.0. The summed E-state index contributed by atoms with van der Waals surface area (Å²) < 4.78 is 74.7. The molecule has 13 heteroatoms. The molecule has 0 aromatic rings. The number of hydrogen-bond acceptors (Lipinski definition) is 8. The molecule has 21 heavy (non-hydrogen) atoms. The minimum absolute atomic E-state index is 0.0115. The molecule has 2 aliphatic heterocycles. The van der Waals surface area contributed by atoms with Gasteiger partial charge in [-0.25, -0.2) is 0 Å². The summed E-state index contributed by atoms with van der Waals surface area (Å²) in [5.74, 6) is 1.81. The SMILES string of the molecule is O=S(=O)(N1CCSCC1)S(=O)(=O)S(=O)(=O)N1CCSCC1. The molecule has 2 fully saturated rings. The van der Waals surface area contributed by atoms with Crippen molar-refractivity contribution in [1.29, 1.82) is 0 Å². The van der Waals surface area contributed by atoms with Crippen LogP contribution in [0.5, 0.6) is 0 Å². The molecule has 0 aromatic heterocycles. The van der Waals surface area contributed by atoms with Gasteiger partial charge in [0.1, 0.15) is 0 Å². The van der Waals surface area contributed by atoms with Crippen LogP contribution in [0.4, 0.5) is 0 Å². The van der Waals surface area contributed by atoms with E-state index in [1.807, 2.05) is 0 Å². The monoisotopic (exact) mass is 396 g/mol. The highest BCUT2D eigenvalue weighted by atomic mass is 33.6.